The van der Waals surface area contributed by atoms with E-state index in [4.69, 9.17) is 26.1 Å². The van der Waals surface area contributed by atoms with Crippen LogP contribution in [-0.2, 0) is 0 Å². The molecule has 0 amide bonds. The molecule has 1 heterocycles. The van der Waals surface area contributed by atoms with Crippen molar-refractivity contribution in [3.8, 4) is 17.2 Å². The number of para-hydroxylation sites is 1. The van der Waals surface area contributed by atoms with E-state index in [9.17, 15) is 0 Å². The number of hydrogen-bond acceptors (Lipinski definition) is 4. The van der Waals surface area contributed by atoms with E-state index < -0.39 is 0 Å². The van der Waals surface area contributed by atoms with E-state index in [2.05, 4.69) is 44.7 Å². The second kappa shape index (κ2) is 9.48. The van der Waals surface area contributed by atoms with E-state index in [1.165, 1.54) is 11.3 Å². The molecule has 0 N–H and O–H groups in total. The van der Waals surface area contributed by atoms with Gasteiger partial charge in [0.2, 0.25) is 0 Å². The minimum Gasteiger partial charge on any atom is -0.496 e. The minimum atomic E-state index is 0.121. The predicted octanol–water partition coefficient (Wildman–Crippen LogP) is 8.00. The molecule has 0 bridgehead atoms. The predicted molar refractivity (Wildman–Crippen MR) is 138 cm³/mol. The molecule has 0 fully saturated rings. The molecular formula is C28H31ClN2O2. The standard InChI is InChI=1S/C28H31ClN2O2/c1-6-31-25-16-27(32-5)20(15-23(25)19(2)17-28(31,3)4)18-30-21-11-13-22(14-12-21)33-26-10-8-7-9-24(26)29/h7-16,18-19H,6,17H2,1-5H3. The molecule has 0 aliphatic carbocycles. The lowest BCUT2D eigenvalue weighted by Gasteiger charge is -2.47. The zero-order chi connectivity index (χ0) is 23.6. The first-order chi connectivity index (χ1) is 15.8. The van der Waals surface area contributed by atoms with Crippen molar-refractivity contribution in [2.24, 2.45) is 4.99 Å². The number of aliphatic imine (C=N–C) groups is 1. The van der Waals surface area contributed by atoms with Crippen molar-refractivity contribution in [3.63, 3.8) is 0 Å². The molecule has 0 spiro atoms. The molecule has 3 aromatic rings. The van der Waals surface area contributed by atoms with Crippen LogP contribution in [0.5, 0.6) is 17.2 Å². The molecule has 1 aliphatic heterocycles. The summed E-state index contributed by atoms with van der Waals surface area (Å²) in [6.07, 6.45) is 3.00. The number of hydrogen-bond donors (Lipinski definition) is 0. The minimum absolute atomic E-state index is 0.121. The fraction of sp³-hybridized carbons (Fsp3) is 0.321. The maximum Gasteiger partial charge on any atom is 0.146 e. The highest BCUT2D eigenvalue weighted by atomic mass is 35.5. The molecule has 4 nitrogen and oxygen atoms in total. The lowest BCUT2D eigenvalue weighted by Crippen LogP contribution is -2.48. The van der Waals surface area contributed by atoms with Crippen LogP contribution in [0.3, 0.4) is 0 Å². The van der Waals surface area contributed by atoms with E-state index >= 15 is 0 Å². The lowest BCUT2D eigenvalue weighted by molar-refractivity contribution is 0.377. The van der Waals surface area contributed by atoms with Gasteiger partial charge in [-0.15, -0.1) is 0 Å². The highest BCUT2D eigenvalue weighted by Crippen LogP contribution is 2.45. The highest BCUT2D eigenvalue weighted by molar-refractivity contribution is 6.32. The molecule has 0 saturated heterocycles. The number of ether oxygens (including phenoxy) is 2. The van der Waals surface area contributed by atoms with Crippen molar-refractivity contribution < 1.29 is 9.47 Å². The van der Waals surface area contributed by atoms with Crippen molar-refractivity contribution in [2.75, 3.05) is 18.6 Å². The maximum atomic E-state index is 6.18. The summed E-state index contributed by atoms with van der Waals surface area (Å²) in [4.78, 5) is 7.17. The smallest absolute Gasteiger partial charge is 0.146 e. The van der Waals surface area contributed by atoms with Crippen molar-refractivity contribution in [2.45, 2.75) is 45.6 Å². The van der Waals surface area contributed by atoms with Crippen LogP contribution in [-0.4, -0.2) is 25.4 Å². The van der Waals surface area contributed by atoms with Crippen molar-refractivity contribution in [1.82, 2.24) is 0 Å². The van der Waals surface area contributed by atoms with Gasteiger partial charge in [0, 0.05) is 35.6 Å². The van der Waals surface area contributed by atoms with Gasteiger partial charge in [0.05, 0.1) is 17.8 Å². The summed E-state index contributed by atoms with van der Waals surface area (Å²) in [6, 6.07) is 19.5. The Morgan fingerprint density at radius 1 is 1.09 bits per heavy atom. The molecule has 5 heteroatoms. The van der Waals surface area contributed by atoms with E-state index in [1.54, 1.807) is 7.11 Å². The molecule has 3 aromatic carbocycles. The van der Waals surface area contributed by atoms with Crippen LogP contribution in [0.1, 0.15) is 51.2 Å². The van der Waals surface area contributed by atoms with Gasteiger partial charge in [-0.05, 0) is 81.1 Å². The fourth-order valence-corrected chi connectivity index (χ4v) is 4.98. The first-order valence-corrected chi connectivity index (χ1v) is 11.8. The van der Waals surface area contributed by atoms with E-state index in [0.29, 0.717) is 22.4 Å². The third-order valence-corrected chi connectivity index (χ3v) is 6.62. The molecule has 0 saturated carbocycles. The average Bonchev–Trinajstić information content (AvgIpc) is 2.79. The number of fused-ring (bicyclic) bond motifs is 1. The second-order valence-electron chi connectivity index (χ2n) is 9.10. The zero-order valence-corrected chi connectivity index (χ0v) is 20.7. The zero-order valence-electron chi connectivity index (χ0n) is 19.9. The molecular weight excluding hydrogens is 432 g/mol. The largest absolute Gasteiger partial charge is 0.496 e. The Kier molecular flexibility index (Phi) is 6.66. The SMILES string of the molecule is CCN1c2cc(OC)c(C=Nc3ccc(Oc4ccccc4Cl)cc3)cc2C(C)CC1(C)C. The lowest BCUT2D eigenvalue weighted by atomic mass is 9.79. The Bertz CT molecular complexity index is 1160. The van der Waals surface area contributed by atoms with Crippen LogP contribution in [0.4, 0.5) is 11.4 Å². The summed E-state index contributed by atoms with van der Waals surface area (Å²) in [7, 11) is 1.72. The number of nitrogens with zero attached hydrogens (tertiary/aromatic N) is 2. The molecule has 0 radical (unpaired) electrons. The summed E-state index contributed by atoms with van der Waals surface area (Å²) in [5.74, 6) is 2.65. The molecule has 0 aromatic heterocycles. The van der Waals surface area contributed by atoms with Gasteiger partial charge in [0.25, 0.3) is 0 Å². The topological polar surface area (TPSA) is 34.1 Å². The van der Waals surface area contributed by atoms with E-state index in [1.807, 2.05) is 54.7 Å². The number of halogens is 1. The van der Waals surface area contributed by atoms with Gasteiger partial charge in [-0.25, -0.2) is 0 Å². The van der Waals surface area contributed by atoms with Crippen LogP contribution in [0.15, 0.2) is 65.7 Å². The number of methoxy groups -OCH3 is 1. The number of benzene rings is 3. The second-order valence-corrected chi connectivity index (χ2v) is 9.51. The Balaban J connectivity index is 1.58. The Morgan fingerprint density at radius 3 is 2.48 bits per heavy atom. The third-order valence-electron chi connectivity index (χ3n) is 6.31. The van der Waals surface area contributed by atoms with E-state index in [-0.39, 0.29) is 5.54 Å². The summed E-state index contributed by atoms with van der Waals surface area (Å²) in [5, 5.41) is 0.582. The fourth-order valence-electron chi connectivity index (χ4n) is 4.80. The van der Waals surface area contributed by atoms with Crippen LogP contribution in [0.2, 0.25) is 5.02 Å². The highest BCUT2D eigenvalue weighted by Gasteiger charge is 2.36. The normalized spacial score (nSPS) is 17.2. The van der Waals surface area contributed by atoms with Gasteiger partial charge in [-0.3, -0.25) is 4.99 Å². The average molecular weight is 463 g/mol. The van der Waals surface area contributed by atoms with Crippen LogP contribution >= 0.6 is 11.6 Å². The Labute approximate surface area is 201 Å². The molecule has 4 rings (SSSR count). The number of anilines is 1. The van der Waals surface area contributed by atoms with Gasteiger partial charge in [-0.1, -0.05) is 30.7 Å². The van der Waals surface area contributed by atoms with Gasteiger partial charge in [0.1, 0.15) is 17.2 Å². The summed E-state index contributed by atoms with van der Waals surface area (Å²) < 4.78 is 11.6. The molecule has 172 valence electrons. The molecule has 1 aliphatic rings. The van der Waals surface area contributed by atoms with Gasteiger partial charge >= 0.3 is 0 Å². The first-order valence-electron chi connectivity index (χ1n) is 11.4. The summed E-state index contributed by atoms with van der Waals surface area (Å²) >= 11 is 6.18. The molecule has 1 atom stereocenters. The molecule has 33 heavy (non-hydrogen) atoms. The van der Waals surface area contributed by atoms with Gasteiger partial charge in [-0.2, -0.15) is 0 Å². The maximum absolute atomic E-state index is 6.18. The Morgan fingerprint density at radius 2 is 1.82 bits per heavy atom. The van der Waals surface area contributed by atoms with Gasteiger partial charge < -0.3 is 14.4 Å². The third kappa shape index (κ3) is 4.86. The van der Waals surface area contributed by atoms with Crippen LogP contribution < -0.4 is 14.4 Å². The first kappa shape index (κ1) is 23.2. The molecule has 1 unspecified atom stereocenters. The van der Waals surface area contributed by atoms with Crippen molar-refractivity contribution in [3.05, 3.63) is 76.8 Å². The Hall–Kier alpha value is -2.98. The van der Waals surface area contributed by atoms with Gasteiger partial charge in [0.15, 0.2) is 0 Å². The van der Waals surface area contributed by atoms with Crippen molar-refractivity contribution in [1.29, 1.82) is 0 Å². The van der Waals surface area contributed by atoms with Crippen LogP contribution in [0.25, 0.3) is 0 Å². The van der Waals surface area contributed by atoms with Crippen LogP contribution in [0, 0.1) is 0 Å². The quantitative estimate of drug-likeness (QED) is 0.348. The van der Waals surface area contributed by atoms with E-state index in [0.717, 1.165) is 30.0 Å². The summed E-state index contributed by atoms with van der Waals surface area (Å²) in [5.41, 5.74) is 4.55. The monoisotopic (exact) mass is 462 g/mol. The van der Waals surface area contributed by atoms with Crippen molar-refractivity contribution >= 4 is 29.2 Å². The number of rotatable bonds is 6. The summed E-state index contributed by atoms with van der Waals surface area (Å²) in [6.45, 7) is 10.1.